The van der Waals surface area contributed by atoms with Crippen LogP contribution < -0.4 is 11.2 Å². The Morgan fingerprint density at radius 1 is 1.21 bits per heavy atom. The zero-order valence-electron chi connectivity index (χ0n) is 15.8. The van der Waals surface area contributed by atoms with Crippen molar-refractivity contribution in [3.8, 4) is 0 Å². The molecule has 0 fully saturated rings. The summed E-state index contributed by atoms with van der Waals surface area (Å²) in [6, 6.07) is 13.8. The molecular formula is C22H21N3O2S. The van der Waals surface area contributed by atoms with E-state index in [9.17, 15) is 4.79 Å². The van der Waals surface area contributed by atoms with Crippen molar-refractivity contribution in [2.24, 2.45) is 15.9 Å². The molecule has 0 saturated carbocycles. The van der Waals surface area contributed by atoms with Gasteiger partial charge in [-0.05, 0) is 36.6 Å². The number of benzene rings is 2. The number of amidine groups is 1. The van der Waals surface area contributed by atoms with Gasteiger partial charge in [-0.3, -0.25) is 4.79 Å². The number of nitrogens with zero attached hydrogens (tertiary/aromatic N) is 2. The Morgan fingerprint density at radius 2 is 2.00 bits per heavy atom. The summed E-state index contributed by atoms with van der Waals surface area (Å²) < 4.78 is 5.58. The van der Waals surface area contributed by atoms with Crippen molar-refractivity contribution in [2.45, 2.75) is 13.8 Å². The maximum Gasteiger partial charge on any atom is 0.201 e. The maximum atomic E-state index is 12.6. The molecule has 2 N–H and O–H groups in total. The molecule has 5 nitrogen and oxygen atoms in total. The molecule has 0 amide bonds. The molecule has 0 radical (unpaired) electrons. The quantitative estimate of drug-likeness (QED) is 0.394. The summed E-state index contributed by atoms with van der Waals surface area (Å²) in [5.74, 6) is 0.677. The molecule has 28 heavy (non-hydrogen) atoms. The molecule has 2 aromatic carbocycles. The molecule has 0 saturated heterocycles. The van der Waals surface area contributed by atoms with Gasteiger partial charge in [0.05, 0.1) is 17.2 Å². The van der Waals surface area contributed by atoms with E-state index < -0.39 is 0 Å². The van der Waals surface area contributed by atoms with Gasteiger partial charge in [-0.25, -0.2) is 0 Å². The molecule has 6 heteroatoms. The highest BCUT2D eigenvalue weighted by atomic mass is 32.2. The molecule has 3 rings (SSSR count). The predicted molar refractivity (Wildman–Crippen MR) is 119 cm³/mol. The lowest BCUT2D eigenvalue weighted by atomic mass is 10.1. The smallest absolute Gasteiger partial charge is 0.201 e. The van der Waals surface area contributed by atoms with Crippen molar-refractivity contribution < 1.29 is 4.42 Å². The van der Waals surface area contributed by atoms with Crippen LogP contribution in [0, 0.1) is 13.8 Å². The molecule has 3 aromatic rings. The fourth-order valence-electron chi connectivity index (χ4n) is 2.79. The van der Waals surface area contributed by atoms with Crippen molar-refractivity contribution in [1.29, 1.82) is 0 Å². The fourth-order valence-corrected chi connectivity index (χ4v) is 3.25. The van der Waals surface area contributed by atoms with Crippen molar-refractivity contribution in [1.82, 2.24) is 0 Å². The Hall–Kier alpha value is -3.12. The van der Waals surface area contributed by atoms with Gasteiger partial charge in [0, 0.05) is 5.75 Å². The van der Waals surface area contributed by atoms with Crippen LogP contribution in [0.25, 0.3) is 17.0 Å². The summed E-state index contributed by atoms with van der Waals surface area (Å²) >= 11 is 1.37. The van der Waals surface area contributed by atoms with Crippen LogP contribution in [0.15, 0.2) is 74.2 Å². The largest absolute Gasteiger partial charge is 0.463 e. The first-order valence-electron chi connectivity index (χ1n) is 8.78. The van der Waals surface area contributed by atoms with Gasteiger partial charge in [-0.15, -0.1) is 5.10 Å². The molecule has 0 aliphatic heterocycles. The molecule has 0 aliphatic rings. The fraction of sp³-hybridized carbons (Fsp3) is 0.136. The van der Waals surface area contributed by atoms with E-state index in [0.717, 1.165) is 16.7 Å². The first-order valence-corrected chi connectivity index (χ1v) is 9.77. The second-order valence-corrected chi connectivity index (χ2v) is 7.32. The van der Waals surface area contributed by atoms with E-state index in [-0.39, 0.29) is 5.43 Å². The summed E-state index contributed by atoms with van der Waals surface area (Å²) in [7, 11) is 0. The third-order valence-corrected chi connectivity index (χ3v) is 4.77. The summed E-state index contributed by atoms with van der Waals surface area (Å²) in [5, 5.41) is 8.75. The van der Waals surface area contributed by atoms with E-state index >= 15 is 0 Å². The van der Waals surface area contributed by atoms with Crippen molar-refractivity contribution in [3.63, 3.8) is 0 Å². The average molecular weight is 391 g/mol. The van der Waals surface area contributed by atoms with E-state index in [1.165, 1.54) is 24.2 Å². The van der Waals surface area contributed by atoms with Gasteiger partial charge in [0.15, 0.2) is 5.17 Å². The van der Waals surface area contributed by atoms with Crippen LogP contribution in [0.5, 0.6) is 0 Å². The highest BCUT2D eigenvalue weighted by molar-refractivity contribution is 8.13. The van der Waals surface area contributed by atoms with Gasteiger partial charge in [-0.1, -0.05) is 60.3 Å². The first-order chi connectivity index (χ1) is 13.5. The monoisotopic (exact) mass is 391 g/mol. The minimum atomic E-state index is -0.130. The highest BCUT2D eigenvalue weighted by Gasteiger charge is 2.08. The predicted octanol–water partition coefficient (Wildman–Crippen LogP) is 4.51. The molecule has 0 unspecified atom stereocenters. The standard InChI is InChI=1S/C22H21N3O2S/c1-15-11-16(2)20-19(12-15)27-14-18(21(20)26)13-24-25-22(23)28-10-6-9-17-7-4-3-5-8-17/h3-9,11-14H,10H2,1-2H3,(H2,23,25). The van der Waals surface area contributed by atoms with E-state index in [1.807, 2.05) is 68.5 Å². The molecule has 0 atom stereocenters. The van der Waals surface area contributed by atoms with Gasteiger partial charge in [0.1, 0.15) is 11.8 Å². The van der Waals surface area contributed by atoms with Crippen LogP contribution in [0.3, 0.4) is 0 Å². The zero-order valence-corrected chi connectivity index (χ0v) is 16.6. The normalized spacial score (nSPS) is 12.4. The van der Waals surface area contributed by atoms with E-state index in [2.05, 4.69) is 10.2 Å². The Morgan fingerprint density at radius 3 is 2.79 bits per heavy atom. The Labute approximate surface area is 167 Å². The van der Waals surface area contributed by atoms with E-state index in [4.69, 9.17) is 10.2 Å². The maximum absolute atomic E-state index is 12.6. The number of nitrogens with two attached hydrogens (primary N) is 1. The van der Waals surface area contributed by atoms with Crippen molar-refractivity contribution in [2.75, 3.05) is 5.75 Å². The second kappa shape index (κ2) is 9.19. The van der Waals surface area contributed by atoms with Gasteiger partial charge in [0.2, 0.25) is 5.43 Å². The SMILES string of the molecule is Cc1cc(C)c2c(=O)c(C=NN=C(N)SCC=Cc3ccccc3)coc2c1. The molecule has 0 spiro atoms. The molecule has 142 valence electrons. The van der Waals surface area contributed by atoms with Crippen LogP contribution in [0.1, 0.15) is 22.3 Å². The summed E-state index contributed by atoms with van der Waals surface area (Å²) in [6.07, 6.45) is 6.80. The Bertz CT molecular complexity index is 1120. The van der Waals surface area contributed by atoms with Crippen LogP contribution in [0.4, 0.5) is 0 Å². The third-order valence-electron chi connectivity index (χ3n) is 4.04. The molecular weight excluding hydrogens is 370 g/mol. The second-order valence-electron chi connectivity index (χ2n) is 6.28. The molecule has 0 aliphatic carbocycles. The highest BCUT2D eigenvalue weighted by Crippen LogP contribution is 2.17. The number of hydrogen-bond donors (Lipinski definition) is 1. The van der Waals surface area contributed by atoms with Gasteiger partial charge in [-0.2, -0.15) is 5.10 Å². The van der Waals surface area contributed by atoms with E-state index in [0.29, 0.717) is 27.5 Å². The summed E-state index contributed by atoms with van der Waals surface area (Å²) in [6.45, 7) is 3.86. The molecule has 1 aromatic heterocycles. The molecule has 1 heterocycles. The van der Waals surface area contributed by atoms with Gasteiger partial charge in [0.25, 0.3) is 0 Å². The average Bonchev–Trinajstić information content (AvgIpc) is 2.67. The number of rotatable bonds is 5. The Kier molecular flexibility index (Phi) is 6.45. The van der Waals surface area contributed by atoms with Crippen LogP contribution >= 0.6 is 11.8 Å². The van der Waals surface area contributed by atoms with Crippen LogP contribution in [-0.4, -0.2) is 17.1 Å². The summed E-state index contributed by atoms with van der Waals surface area (Å²) in [4.78, 5) is 12.6. The van der Waals surface area contributed by atoms with Crippen molar-refractivity contribution >= 4 is 40.2 Å². The van der Waals surface area contributed by atoms with Gasteiger partial charge >= 0.3 is 0 Å². The number of thioether (sulfide) groups is 1. The van der Waals surface area contributed by atoms with Gasteiger partial charge < -0.3 is 10.2 Å². The van der Waals surface area contributed by atoms with Crippen LogP contribution in [0.2, 0.25) is 0 Å². The van der Waals surface area contributed by atoms with Crippen LogP contribution in [-0.2, 0) is 0 Å². The van der Waals surface area contributed by atoms with Crippen molar-refractivity contribution in [3.05, 3.63) is 87.3 Å². The molecule has 0 bridgehead atoms. The van der Waals surface area contributed by atoms with E-state index in [1.54, 1.807) is 0 Å². The lowest BCUT2D eigenvalue weighted by Gasteiger charge is -2.03. The third kappa shape index (κ3) is 4.98. The minimum Gasteiger partial charge on any atom is -0.463 e. The zero-order chi connectivity index (χ0) is 19.9. The minimum absolute atomic E-state index is 0.130. The number of fused-ring (bicyclic) bond motifs is 1. The Balaban J connectivity index is 1.65. The number of aryl methyl sites for hydroxylation is 2. The lowest BCUT2D eigenvalue weighted by molar-refractivity contribution is 0.601. The first kappa shape index (κ1) is 19.6. The summed E-state index contributed by atoms with van der Waals surface area (Å²) in [5.41, 5.74) is 9.68. The number of hydrogen-bond acceptors (Lipinski definition) is 5. The lowest BCUT2D eigenvalue weighted by Crippen LogP contribution is -2.10. The topological polar surface area (TPSA) is 81.0 Å².